The van der Waals surface area contributed by atoms with Crippen LogP contribution in [-0.4, -0.2) is 61.1 Å². The summed E-state index contributed by atoms with van der Waals surface area (Å²) in [6.45, 7) is 26.7. The molecule has 0 amide bonds. The molecule has 2 aliphatic heterocycles. The first-order valence-electron chi connectivity index (χ1n) is 12.4. The Kier molecular flexibility index (Phi) is 9.13. The molecule has 0 atom stereocenters. The fraction of sp³-hybridized carbons (Fsp3) is 0.962. The largest absolute Gasteiger partial charge is 0.508 e. The van der Waals surface area contributed by atoms with Crippen molar-refractivity contribution in [2.75, 3.05) is 0 Å². The lowest BCUT2D eigenvalue weighted by Gasteiger charge is -2.54. The van der Waals surface area contributed by atoms with Gasteiger partial charge in [0.05, 0.1) is 6.10 Å². The molecule has 0 radical (unpaired) electrons. The SMILES string of the molecule is CC(C)(C)C1CC(C)(C)N(O)C(C)(C)C1.CC(C)OC(=O)OC1CC(C)(C)N(O)C(C)(C)C1. The Bertz CT molecular complexity index is 628. The topological polar surface area (TPSA) is 82.5 Å². The second-order valence-corrected chi connectivity index (χ2v) is 13.9. The van der Waals surface area contributed by atoms with Gasteiger partial charge in [0, 0.05) is 35.0 Å². The van der Waals surface area contributed by atoms with Crippen LogP contribution in [0.3, 0.4) is 0 Å². The van der Waals surface area contributed by atoms with Gasteiger partial charge in [-0.2, -0.15) is 10.1 Å². The molecule has 0 aromatic heterocycles. The minimum Gasteiger partial charge on any atom is -0.432 e. The van der Waals surface area contributed by atoms with Gasteiger partial charge in [-0.3, -0.25) is 0 Å². The Morgan fingerprint density at radius 2 is 1.12 bits per heavy atom. The second-order valence-electron chi connectivity index (χ2n) is 13.9. The Morgan fingerprint density at radius 1 is 0.788 bits per heavy atom. The van der Waals surface area contributed by atoms with Crippen molar-refractivity contribution in [3.05, 3.63) is 0 Å². The van der Waals surface area contributed by atoms with Gasteiger partial charge in [0.1, 0.15) is 6.10 Å². The van der Waals surface area contributed by atoms with Crippen LogP contribution in [0.25, 0.3) is 0 Å². The Balaban J connectivity index is 0.000000335. The van der Waals surface area contributed by atoms with Gasteiger partial charge in [0.15, 0.2) is 0 Å². The zero-order valence-corrected chi connectivity index (χ0v) is 23.6. The molecular formula is C26H52N2O5. The Hall–Kier alpha value is -0.890. The molecule has 2 saturated heterocycles. The highest BCUT2D eigenvalue weighted by Gasteiger charge is 2.48. The zero-order valence-electron chi connectivity index (χ0n) is 23.6. The molecule has 0 aromatic rings. The summed E-state index contributed by atoms with van der Waals surface area (Å²) in [5.74, 6) is 0.672. The van der Waals surface area contributed by atoms with Crippen molar-refractivity contribution in [1.82, 2.24) is 10.1 Å². The van der Waals surface area contributed by atoms with Gasteiger partial charge in [-0.25, -0.2) is 4.79 Å². The van der Waals surface area contributed by atoms with Crippen LogP contribution in [0, 0.1) is 11.3 Å². The van der Waals surface area contributed by atoms with Crippen LogP contribution < -0.4 is 0 Å². The molecule has 0 aliphatic carbocycles. The van der Waals surface area contributed by atoms with Crippen LogP contribution in [0.5, 0.6) is 0 Å². The van der Waals surface area contributed by atoms with Crippen molar-refractivity contribution < 1.29 is 24.7 Å². The van der Waals surface area contributed by atoms with Crippen LogP contribution in [0.15, 0.2) is 0 Å². The Labute approximate surface area is 202 Å². The van der Waals surface area contributed by atoms with Gasteiger partial charge >= 0.3 is 6.16 Å². The molecule has 33 heavy (non-hydrogen) atoms. The highest BCUT2D eigenvalue weighted by atomic mass is 16.7. The minimum absolute atomic E-state index is 0.111. The van der Waals surface area contributed by atoms with Crippen LogP contribution in [0.4, 0.5) is 4.79 Å². The number of hydrogen-bond donors (Lipinski definition) is 2. The number of carbonyl (C=O) groups excluding carboxylic acids is 1. The average molecular weight is 473 g/mol. The maximum atomic E-state index is 11.5. The highest BCUT2D eigenvalue weighted by molar-refractivity contribution is 5.60. The van der Waals surface area contributed by atoms with E-state index in [9.17, 15) is 15.2 Å². The van der Waals surface area contributed by atoms with Gasteiger partial charge in [-0.15, -0.1) is 0 Å². The summed E-state index contributed by atoms with van der Waals surface area (Å²) in [4.78, 5) is 11.5. The lowest BCUT2D eigenvalue weighted by Crippen LogP contribution is -2.60. The number of rotatable bonds is 2. The molecule has 0 spiro atoms. The zero-order chi connectivity index (χ0) is 26.2. The average Bonchev–Trinajstić information content (AvgIpc) is 2.55. The first-order chi connectivity index (χ1) is 14.5. The molecule has 2 N–H and O–H groups in total. The summed E-state index contributed by atoms with van der Waals surface area (Å²) in [6.07, 6.45) is 2.25. The van der Waals surface area contributed by atoms with E-state index < -0.39 is 17.2 Å². The van der Waals surface area contributed by atoms with E-state index in [4.69, 9.17) is 9.47 Å². The molecule has 7 nitrogen and oxygen atoms in total. The molecular weight excluding hydrogens is 420 g/mol. The summed E-state index contributed by atoms with van der Waals surface area (Å²) in [7, 11) is 0. The van der Waals surface area contributed by atoms with E-state index in [1.54, 1.807) is 18.9 Å². The third-order valence-corrected chi connectivity index (χ3v) is 7.06. The van der Waals surface area contributed by atoms with E-state index in [1.807, 2.05) is 27.7 Å². The molecule has 2 heterocycles. The van der Waals surface area contributed by atoms with Crippen molar-refractivity contribution in [3.8, 4) is 0 Å². The second kappa shape index (κ2) is 10.00. The summed E-state index contributed by atoms with van der Waals surface area (Å²) >= 11 is 0. The predicted octanol–water partition coefficient (Wildman–Crippen LogP) is 6.65. The van der Waals surface area contributed by atoms with E-state index >= 15 is 0 Å². The quantitative estimate of drug-likeness (QED) is 0.435. The normalized spacial score (nSPS) is 25.8. The van der Waals surface area contributed by atoms with Crippen molar-refractivity contribution in [1.29, 1.82) is 0 Å². The first-order valence-corrected chi connectivity index (χ1v) is 12.4. The maximum absolute atomic E-state index is 11.5. The minimum atomic E-state index is -0.631. The number of hydrogen-bond acceptors (Lipinski definition) is 7. The van der Waals surface area contributed by atoms with Crippen molar-refractivity contribution in [3.63, 3.8) is 0 Å². The van der Waals surface area contributed by atoms with Crippen LogP contribution in [0.1, 0.15) is 116 Å². The Morgan fingerprint density at radius 3 is 1.42 bits per heavy atom. The van der Waals surface area contributed by atoms with Gasteiger partial charge in [0.2, 0.25) is 0 Å². The number of nitrogens with zero attached hydrogens (tertiary/aromatic N) is 2. The lowest BCUT2D eigenvalue weighted by atomic mass is 9.65. The van der Waals surface area contributed by atoms with E-state index in [0.29, 0.717) is 24.2 Å². The third kappa shape index (κ3) is 8.08. The molecule has 0 saturated carbocycles. The van der Waals surface area contributed by atoms with Gasteiger partial charge in [-0.1, -0.05) is 20.8 Å². The first kappa shape index (κ1) is 30.1. The van der Waals surface area contributed by atoms with Gasteiger partial charge in [-0.05, 0) is 93.4 Å². The standard InChI is InChI=1S/C13H25NO4.C13H27NO/c1-9(2)17-11(15)18-10-7-12(3,4)14(16)13(5,6)8-10;1-11(2,3)10-8-12(4,5)14(15)13(6,7)9-10/h9-10,16H,7-8H2,1-6H3;10,15H,8-9H2,1-7H3. The monoisotopic (exact) mass is 472 g/mol. The smallest absolute Gasteiger partial charge is 0.432 e. The number of carbonyl (C=O) groups is 1. The van der Waals surface area contributed by atoms with Crippen molar-refractivity contribution in [2.45, 2.75) is 150 Å². The summed E-state index contributed by atoms with van der Waals surface area (Å²) in [5.41, 5.74) is -0.746. The number of hydroxylamine groups is 4. The molecule has 2 fully saturated rings. The van der Waals surface area contributed by atoms with Gasteiger partial charge in [0.25, 0.3) is 0 Å². The lowest BCUT2D eigenvalue weighted by molar-refractivity contribution is -0.258. The van der Waals surface area contributed by atoms with E-state index in [2.05, 4.69) is 48.5 Å². The van der Waals surface area contributed by atoms with E-state index in [0.717, 1.165) is 12.8 Å². The summed E-state index contributed by atoms with van der Waals surface area (Å²) in [6, 6.07) is 0. The fourth-order valence-corrected chi connectivity index (χ4v) is 5.50. The predicted molar refractivity (Wildman–Crippen MR) is 131 cm³/mol. The molecule has 7 heteroatoms. The fourth-order valence-electron chi connectivity index (χ4n) is 5.50. The number of piperidine rings is 2. The third-order valence-electron chi connectivity index (χ3n) is 7.06. The molecule has 0 unspecified atom stereocenters. The van der Waals surface area contributed by atoms with Crippen molar-refractivity contribution in [2.24, 2.45) is 11.3 Å². The van der Waals surface area contributed by atoms with Gasteiger partial charge < -0.3 is 19.9 Å². The summed E-state index contributed by atoms with van der Waals surface area (Å²) < 4.78 is 10.3. The highest BCUT2D eigenvalue weighted by Crippen LogP contribution is 2.46. The molecule has 2 rings (SSSR count). The van der Waals surface area contributed by atoms with E-state index in [1.165, 1.54) is 5.06 Å². The molecule has 0 aromatic carbocycles. The van der Waals surface area contributed by atoms with Crippen LogP contribution in [0.2, 0.25) is 0 Å². The van der Waals surface area contributed by atoms with E-state index in [-0.39, 0.29) is 23.3 Å². The van der Waals surface area contributed by atoms with Crippen molar-refractivity contribution >= 4 is 6.16 Å². The molecule has 0 bridgehead atoms. The van der Waals surface area contributed by atoms with Crippen LogP contribution in [-0.2, 0) is 9.47 Å². The van der Waals surface area contributed by atoms with Crippen LogP contribution >= 0.6 is 0 Å². The molecule has 2 aliphatic rings. The maximum Gasteiger partial charge on any atom is 0.508 e. The molecule has 196 valence electrons. The summed E-state index contributed by atoms with van der Waals surface area (Å²) in [5, 5.41) is 23.2. The number of ether oxygens (including phenoxy) is 2.